The number of aromatic nitrogens is 1. The summed E-state index contributed by atoms with van der Waals surface area (Å²) >= 11 is 0. The van der Waals surface area contributed by atoms with Gasteiger partial charge in [0.2, 0.25) is 5.88 Å². The van der Waals surface area contributed by atoms with E-state index in [1.807, 2.05) is 30.5 Å². The minimum atomic E-state index is -0.731. The van der Waals surface area contributed by atoms with Crippen LogP contribution in [0.5, 0.6) is 5.88 Å². The van der Waals surface area contributed by atoms with Crippen molar-refractivity contribution >= 4 is 6.09 Å². The van der Waals surface area contributed by atoms with Gasteiger partial charge in [0.1, 0.15) is 6.10 Å². The Kier molecular flexibility index (Phi) is 4.10. The largest absolute Gasteiger partial charge is 0.477 e. The SMILES string of the molecule is CC1(C)Cc2cc(-c3ccc(OCC4CC4)nc3)ccc2[C@@H]1OC(N)=O. The summed E-state index contributed by atoms with van der Waals surface area (Å²) in [5.41, 5.74) is 9.45. The maximum atomic E-state index is 11.3. The normalized spacial score (nSPS) is 20.5. The van der Waals surface area contributed by atoms with Crippen molar-refractivity contribution < 1.29 is 14.3 Å². The number of hydrogen-bond donors (Lipinski definition) is 1. The van der Waals surface area contributed by atoms with Crippen LogP contribution in [0.2, 0.25) is 0 Å². The molecule has 0 spiro atoms. The molecule has 0 bridgehead atoms. The Morgan fingerprint density at radius 1 is 1.23 bits per heavy atom. The highest BCUT2D eigenvalue weighted by Crippen LogP contribution is 2.48. The van der Waals surface area contributed by atoms with Gasteiger partial charge in [-0.2, -0.15) is 0 Å². The molecular formula is C21H24N2O3. The number of carbonyl (C=O) groups is 1. The fourth-order valence-corrected chi connectivity index (χ4v) is 3.66. The molecule has 0 aliphatic heterocycles. The zero-order chi connectivity index (χ0) is 18.3. The zero-order valence-corrected chi connectivity index (χ0v) is 15.2. The number of amides is 1. The van der Waals surface area contributed by atoms with Crippen molar-refractivity contribution in [3.8, 4) is 17.0 Å². The van der Waals surface area contributed by atoms with E-state index in [1.165, 1.54) is 18.4 Å². The molecular weight excluding hydrogens is 328 g/mol. The molecule has 1 amide bonds. The average molecular weight is 352 g/mol. The average Bonchev–Trinajstić information content (AvgIpc) is 3.39. The summed E-state index contributed by atoms with van der Waals surface area (Å²) in [5.74, 6) is 1.39. The second-order valence-corrected chi connectivity index (χ2v) is 8.04. The second kappa shape index (κ2) is 6.31. The first-order valence-electron chi connectivity index (χ1n) is 9.10. The fourth-order valence-electron chi connectivity index (χ4n) is 3.66. The quantitative estimate of drug-likeness (QED) is 0.872. The molecule has 1 fully saturated rings. The van der Waals surface area contributed by atoms with Crippen molar-refractivity contribution in [2.75, 3.05) is 6.61 Å². The summed E-state index contributed by atoms with van der Waals surface area (Å²) in [6, 6.07) is 10.2. The van der Waals surface area contributed by atoms with Gasteiger partial charge in [-0.3, -0.25) is 0 Å². The van der Waals surface area contributed by atoms with E-state index in [2.05, 4.69) is 24.9 Å². The summed E-state index contributed by atoms with van der Waals surface area (Å²) in [6.45, 7) is 4.95. The van der Waals surface area contributed by atoms with E-state index in [4.69, 9.17) is 15.2 Å². The highest BCUT2D eigenvalue weighted by molar-refractivity contribution is 5.67. The maximum Gasteiger partial charge on any atom is 0.405 e. The molecule has 2 aliphatic rings. The van der Waals surface area contributed by atoms with Gasteiger partial charge in [-0.1, -0.05) is 32.0 Å². The highest BCUT2D eigenvalue weighted by Gasteiger charge is 2.41. The van der Waals surface area contributed by atoms with Crippen LogP contribution in [0.1, 0.15) is 43.9 Å². The summed E-state index contributed by atoms with van der Waals surface area (Å²) in [4.78, 5) is 15.7. The van der Waals surface area contributed by atoms with Crippen molar-refractivity contribution in [1.29, 1.82) is 0 Å². The van der Waals surface area contributed by atoms with Gasteiger partial charge in [-0.15, -0.1) is 0 Å². The first-order valence-corrected chi connectivity index (χ1v) is 9.10. The lowest BCUT2D eigenvalue weighted by molar-refractivity contribution is 0.0392. The number of hydrogen-bond acceptors (Lipinski definition) is 4. The lowest BCUT2D eigenvalue weighted by Gasteiger charge is -2.26. The van der Waals surface area contributed by atoms with E-state index < -0.39 is 6.09 Å². The Hall–Kier alpha value is -2.56. The summed E-state index contributed by atoms with van der Waals surface area (Å²) in [5, 5.41) is 0. The second-order valence-electron chi connectivity index (χ2n) is 8.04. The first-order chi connectivity index (χ1) is 12.4. The van der Waals surface area contributed by atoms with E-state index in [1.54, 1.807) is 0 Å². The van der Waals surface area contributed by atoms with Crippen LogP contribution in [0, 0.1) is 11.3 Å². The number of rotatable bonds is 5. The van der Waals surface area contributed by atoms with E-state index in [0.717, 1.165) is 29.7 Å². The van der Waals surface area contributed by atoms with E-state index >= 15 is 0 Å². The third-order valence-corrected chi connectivity index (χ3v) is 5.25. The Morgan fingerprint density at radius 2 is 2.00 bits per heavy atom. The maximum absolute atomic E-state index is 11.3. The Morgan fingerprint density at radius 3 is 2.65 bits per heavy atom. The molecule has 5 heteroatoms. The smallest absolute Gasteiger partial charge is 0.405 e. The molecule has 26 heavy (non-hydrogen) atoms. The number of nitrogens with two attached hydrogens (primary N) is 1. The Labute approximate surface area is 153 Å². The van der Waals surface area contributed by atoms with Crippen LogP contribution in [0.4, 0.5) is 4.79 Å². The molecule has 2 N–H and O–H groups in total. The molecule has 2 aromatic rings. The molecule has 0 saturated heterocycles. The minimum Gasteiger partial charge on any atom is -0.477 e. The highest BCUT2D eigenvalue weighted by atomic mass is 16.6. The molecule has 0 unspecified atom stereocenters. The van der Waals surface area contributed by atoms with E-state index in [-0.39, 0.29) is 11.5 Å². The third-order valence-electron chi connectivity index (χ3n) is 5.25. The summed E-state index contributed by atoms with van der Waals surface area (Å²) in [7, 11) is 0. The molecule has 4 rings (SSSR count). The lowest BCUT2D eigenvalue weighted by Crippen LogP contribution is -2.25. The zero-order valence-electron chi connectivity index (χ0n) is 15.2. The van der Waals surface area contributed by atoms with E-state index in [9.17, 15) is 4.79 Å². The van der Waals surface area contributed by atoms with Crippen LogP contribution in [0.3, 0.4) is 0 Å². The number of nitrogens with zero attached hydrogens (tertiary/aromatic N) is 1. The monoisotopic (exact) mass is 352 g/mol. The van der Waals surface area contributed by atoms with Gasteiger partial charge in [-0.05, 0) is 47.9 Å². The van der Waals surface area contributed by atoms with Gasteiger partial charge in [-0.25, -0.2) is 9.78 Å². The number of primary amides is 1. The number of carbonyl (C=O) groups excluding carboxylic acids is 1. The van der Waals surface area contributed by atoms with Gasteiger partial charge in [0.05, 0.1) is 6.61 Å². The molecule has 136 valence electrons. The predicted octanol–water partition coefficient (Wildman–Crippen LogP) is 4.26. The molecule has 1 heterocycles. The molecule has 5 nitrogen and oxygen atoms in total. The van der Waals surface area contributed by atoms with Crippen LogP contribution < -0.4 is 10.5 Å². The fraction of sp³-hybridized carbons (Fsp3) is 0.429. The predicted molar refractivity (Wildman–Crippen MR) is 98.8 cm³/mol. The molecule has 2 aliphatic carbocycles. The topological polar surface area (TPSA) is 74.4 Å². The number of fused-ring (bicyclic) bond motifs is 1. The number of ether oxygens (including phenoxy) is 2. The van der Waals surface area contributed by atoms with Crippen LogP contribution in [0.15, 0.2) is 36.5 Å². The van der Waals surface area contributed by atoms with Crippen molar-refractivity contribution in [1.82, 2.24) is 4.98 Å². The molecule has 1 atom stereocenters. The van der Waals surface area contributed by atoms with E-state index in [0.29, 0.717) is 11.8 Å². The van der Waals surface area contributed by atoms with Crippen molar-refractivity contribution in [3.05, 3.63) is 47.7 Å². The van der Waals surface area contributed by atoms with Gasteiger partial charge in [0.15, 0.2) is 0 Å². The van der Waals surface area contributed by atoms with Gasteiger partial charge < -0.3 is 15.2 Å². The van der Waals surface area contributed by atoms with Crippen LogP contribution in [-0.2, 0) is 11.2 Å². The van der Waals surface area contributed by atoms with Crippen molar-refractivity contribution in [3.63, 3.8) is 0 Å². The Bertz CT molecular complexity index is 826. The first kappa shape index (κ1) is 16.9. The standard InChI is InChI=1S/C21H24N2O3/c1-21(2)10-16-9-14(5-7-17(16)19(21)26-20(22)24)15-6-8-18(23-11-15)25-12-13-3-4-13/h5-9,11,13,19H,3-4,10,12H2,1-2H3,(H2,22,24)/t19-/m0/s1. The summed E-state index contributed by atoms with van der Waals surface area (Å²) in [6.07, 6.45) is 4.19. The molecule has 1 saturated carbocycles. The molecule has 1 aromatic heterocycles. The Balaban J connectivity index is 1.54. The number of benzene rings is 1. The molecule has 1 aromatic carbocycles. The minimum absolute atomic E-state index is 0.172. The van der Waals surface area contributed by atoms with Crippen LogP contribution in [0.25, 0.3) is 11.1 Å². The van der Waals surface area contributed by atoms with Crippen molar-refractivity contribution in [2.24, 2.45) is 17.1 Å². The third kappa shape index (κ3) is 3.39. The molecule has 0 radical (unpaired) electrons. The number of pyridine rings is 1. The van der Waals surface area contributed by atoms with Crippen LogP contribution in [-0.4, -0.2) is 17.7 Å². The lowest BCUT2D eigenvalue weighted by atomic mass is 9.87. The van der Waals surface area contributed by atoms with Gasteiger partial charge >= 0.3 is 6.09 Å². The van der Waals surface area contributed by atoms with Gasteiger partial charge in [0.25, 0.3) is 0 Å². The van der Waals surface area contributed by atoms with Gasteiger partial charge in [0, 0.05) is 23.2 Å². The van der Waals surface area contributed by atoms with Crippen LogP contribution >= 0.6 is 0 Å². The van der Waals surface area contributed by atoms with Crippen molar-refractivity contribution in [2.45, 2.75) is 39.2 Å². The summed E-state index contributed by atoms with van der Waals surface area (Å²) < 4.78 is 11.1.